The highest BCUT2D eigenvalue weighted by atomic mass is 31.1. The van der Waals surface area contributed by atoms with E-state index in [1.807, 2.05) is 0 Å². The van der Waals surface area contributed by atoms with Crippen LogP contribution < -0.4 is 10.6 Å². The highest BCUT2D eigenvalue weighted by molar-refractivity contribution is 7.48. The van der Waals surface area contributed by atoms with Gasteiger partial charge in [0, 0.05) is 23.0 Å². The zero-order valence-corrected chi connectivity index (χ0v) is 26.0. The first-order valence-electron chi connectivity index (χ1n) is 14.4. The van der Waals surface area contributed by atoms with Crippen molar-refractivity contribution < 1.29 is 5.11 Å². The Hall–Kier alpha value is -2.31. The van der Waals surface area contributed by atoms with Gasteiger partial charge in [-0.3, -0.25) is 0 Å². The van der Waals surface area contributed by atoms with Crippen LogP contribution in [0.2, 0.25) is 0 Å². The largest absolute Gasteiger partial charge is 0.507 e. The number of aromatic hydroxyl groups is 1. The van der Waals surface area contributed by atoms with Gasteiger partial charge in [0.05, 0.1) is 0 Å². The fraction of sp³-hybridized carbons (Fsp3) is 0.486. The van der Waals surface area contributed by atoms with Crippen molar-refractivity contribution in [2.75, 3.05) is 5.32 Å². The van der Waals surface area contributed by atoms with Crippen LogP contribution in [0.25, 0.3) is 0 Å². The summed E-state index contributed by atoms with van der Waals surface area (Å²) in [7, 11) is 0.577. The fourth-order valence-electron chi connectivity index (χ4n) is 5.21. The number of para-hydroxylation sites is 1. The molecule has 3 aromatic carbocycles. The van der Waals surface area contributed by atoms with E-state index in [-0.39, 0.29) is 16.0 Å². The van der Waals surface area contributed by atoms with E-state index in [4.69, 9.17) is 0 Å². The summed E-state index contributed by atoms with van der Waals surface area (Å²) < 4.78 is 0. The maximum absolute atomic E-state index is 11.9. The molecule has 0 heterocycles. The number of anilines is 1. The van der Waals surface area contributed by atoms with Gasteiger partial charge >= 0.3 is 0 Å². The molecule has 0 radical (unpaired) electrons. The van der Waals surface area contributed by atoms with Gasteiger partial charge in [0.25, 0.3) is 0 Å². The predicted octanol–water partition coefficient (Wildman–Crippen LogP) is 9.79. The normalized spacial score (nSPS) is 14.1. The first-order chi connectivity index (χ1) is 17.9. The molecule has 0 bridgehead atoms. The molecule has 0 aliphatic heterocycles. The lowest BCUT2D eigenvalue weighted by atomic mass is 9.76. The van der Waals surface area contributed by atoms with E-state index in [0.717, 1.165) is 36.2 Å². The Morgan fingerprint density at radius 3 is 2.00 bits per heavy atom. The van der Waals surface area contributed by atoms with Gasteiger partial charge < -0.3 is 10.4 Å². The summed E-state index contributed by atoms with van der Waals surface area (Å²) in [6.45, 7) is 18.9. The van der Waals surface area contributed by atoms with Crippen LogP contribution in [-0.4, -0.2) is 5.11 Å². The standard InChI is InChI=1S/C35H50NOP/c1-9-11-17-22-35(10-2,30-24-27(33(3,4)5)23-29(32(30)37)34(6,7)8)38-31-21-16-15-18-26(31)25-36-28-19-13-12-14-20-28/h12-16,18-21,23-24,36-38H,9-11,17,22,25H2,1-8H3. The van der Waals surface area contributed by atoms with Gasteiger partial charge in [-0.15, -0.1) is 0 Å². The van der Waals surface area contributed by atoms with Crippen molar-refractivity contribution in [2.24, 2.45) is 0 Å². The Bertz CT molecular complexity index is 1170. The molecule has 0 aliphatic carbocycles. The molecule has 0 fully saturated rings. The molecule has 0 saturated heterocycles. The SMILES string of the molecule is CCCCCC(CC)(Pc1ccccc1CNc1ccccc1)c1cc(C(C)(C)C)cc(C(C)(C)C)c1O. The van der Waals surface area contributed by atoms with Gasteiger partial charge in [-0.05, 0) is 57.8 Å². The Balaban J connectivity index is 2.14. The Labute approximate surface area is 234 Å². The van der Waals surface area contributed by atoms with Crippen LogP contribution in [0.3, 0.4) is 0 Å². The lowest BCUT2D eigenvalue weighted by Crippen LogP contribution is -2.27. The molecule has 0 saturated carbocycles. The maximum Gasteiger partial charge on any atom is 0.123 e. The van der Waals surface area contributed by atoms with Crippen molar-refractivity contribution in [1.29, 1.82) is 0 Å². The molecule has 2 N–H and O–H groups in total. The number of rotatable bonds is 11. The second-order valence-corrected chi connectivity index (χ2v) is 14.6. The Morgan fingerprint density at radius 2 is 1.39 bits per heavy atom. The minimum atomic E-state index is -0.135. The van der Waals surface area contributed by atoms with Gasteiger partial charge in [0.1, 0.15) is 5.75 Å². The lowest BCUT2D eigenvalue weighted by Gasteiger charge is -2.38. The van der Waals surface area contributed by atoms with Crippen LogP contribution in [0.5, 0.6) is 5.75 Å². The molecular weight excluding hydrogens is 481 g/mol. The molecule has 0 spiro atoms. The van der Waals surface area contributed by atoms with Gasteiger partial charge in [0.15, 0.2) is 0 Å². The minimum absolute atomic E-state index is 0.00592. The van der Waals surface area contributed by atoms with Crippen molar-refractivity contribution in [1.82, 2.24) is 0 Å². The summed E-state index contributed by atoms with van der Waals surface area (Å²) in [5, 5.41) is 16.8. The molecule has 206 valence electrons. The van der Waals surface area contributed by atoms with Crippen molar-refractivity contribution in [3.8, 4) is 5.75 Å². The second kappa shape index (κ2) is 12.7. The van der Waals surface area contributed by atoms with E-state index < -0.39 is 0 Å². The number of hydrogen-bond donors (Lipinski definition) is 2. The lowest BCUT2D eigenvalue weighted by molar-refractivity contribution is 0.415. The van der Waals surface area contributed by atoms with Crippen molar-refractivity contribution in [3.63, 3.8) is 0 Å². The molecule has 38 heavy (non-hydrogen) atoms. The maximum atomic E-state index is 11.9. The predicted molar refractivity (Wildman–Crippen MR) is 170 cm³/mol. The molecule has 0 aliphatic rings. The van der Waals surface area contributed by atoms with Crippen LogP contribution in [0.4, 0.5) is 5.69 Å². The number of benzene rings is 3. The summed E-state index contributed by atoms with van der Waals surface area (Å²) in [5.41, 5.74) is 5.88. The van der Waals surface area contributed by atoms with E-state index >= 15 is 0 Å². The average molecular weight is 532 g/mol. The highest BCUT2D eigenvalue weighted by Gasteiger charge is 2.37. The molecule has 3 rings (SSSR count). The van der Waals surface area contributed by atoms with E-state index in [0.29, 0.717) is 14.3 Å². The zero-order valence-electron chi connectivity index (χ0n) is 25.0. The number of phenolic OH excluding ortho intramolecular Hbond substituents is 1. The number of unbranched alkanes of at least 4 members (excludes halogenated alkanes) is 2. The van der Waals surface area contributed by atoms with Crippen LogP contribution >= 0.6 is 8.58 Å². The quantitative estimate of drug-likeness (QED) is 0.191. The van der Waals surface area contributed by atoms with Crippen LogP contribution in [0, 0.1) is 0 Å². The summed E-state index contributed by atoms with van der Waals surface area (Å²) >= 11 is 0. The zero-order chi connectivity index (χ0) is 28.0. The molecule has 2 unspecified atom stereocenters. The van der Waals surface area contributed by atoms with Crippen LogP contribution in [0.1, 0.15) is 110 Å². The van der Waals surface area contributed by atoms with E-state index in [2.05, 4.69) is 127 Å². The van der Waals surface area contributed by atoms with E-state index in [1.54, 1.807) is 0 Å². The summed E-state index contributed by atoms with van der Waals surface area (Å²) in [5.74, 6) is 0.510. The fourth-order valence-corrected chi connectivity index (χ4v) is 7.04. The monoisotopic (exact) mass is 531 g/mol. The molecule has 3 aromatic rings. The van der Waals surface area contributed by atoms with Gasteiger partial charge in [-0.2, -0.15) is 0 Å². The van der Waals surface area contributed by atoms with Crippen molar-refractivity contribution in [2.45, 2.75) is 110 Å². The van der Waals surface area contributed by atoms with Gasteiger partial charge in [0.2, 0.25) is 0 Å². The van der Waals surface area contributed by atoms with Gasteiger partial charge in [-0.1, -0.05) is 138 Å². The summed E-state index contributed by atoms with van der Waals surface area (Å²) in [6.07, 6.45) is 5.67. The minimum Gasteiger partial charge on any atom is -0.507 e. The number of phenols is 1. The Kier molecular flexibility index (Phi) is 10.1. The summed E-state index contributed by atoms with van der Waals surface area (Å²) in [4.78, 5) is 0. The summed E-state index contributed by atoms with van der Waals surface area (Å²) in [6, 6.07) is 23.9. The molecule has 0 aromatic heterocycles. The first-order valence-corrected chi connectivity index (χ1v) is 15.4. The molecular formula is C35H50NOP. The van der Waals surface area contributed by atoms with E-state index in [1.165, 1.54) is 35.7 Å². The number of hydrogen-bond acceptors (Lipinski definition) is 2. The van der Waals surface area contributed by atoms with Crippen LogP contribution in [0.15, 0.2) is 66.7 Å². The third-order valence-electron chi connectivity index (χ3n) is 7.76. The topological polar surface area (TPSA) is 32.3 Å². The molecule has 2 nitrogen and oxygen atoms in total. The molecule has 3 heteroatoms. The van der Waals surface area contributed by atoms with Crippen molar-refractivity contribution >= 4 is 19.6 Å². The van der Waals surface area contributed by atoms with Crippen LogP contribution in [-0.2, 0) is 22.5 Å². The molecule has 0 amide bonds. The highest BCUT2D eigenvalue weighted by Crippen LogP contribution is 2.54. The average Bonchev–Trinajstić information content (AvgIpc) is 2.87. The van der Waals surface area contributed by atoms with Crippen molar-refractivity contribution in [3.05, 3.63) is 89.0 Å². The molecule has 2 atom stereocenters. The third-order valence-corrected chi connectivity index (χ3v) is 9.87. The third kappa shape index (κ3) is 7.41. The first kappa shape index (κ1) is 30.2. The smallest absolute Gasteiger partial charge is 0.123 e. The van der Waals surface area contributed by atoms with Gasteiger partial charge in [-0.25, -0.2) is 0 Å². The second-order valence-electron chi connectivity index (χ2n) is 12.8. The Morgan fingerprint density at radius 1 is 0.763 bits per heavy atom. The van der Waals surface area contributed by atoms with E-state index in [9.17, 15) is 5.11 Å². The number of nitrogens with one attached hydrogen (secondary N) is 1.